The summed E-state index contributed by atoms with van der Waals surface area (Å²) in [5.41, 5.74) is 1.15. The molecule has 4 nitrogen and oxygen atoms in total. The van der Waals surface area contributed by atoms with E-state index in [4.69, 9.17) is 0 Å². The lowest BCUT2D eigenvalue weighted by Crippen LogP contribution is -2.34. The second-order valence-corrected chi connectivity index (χ2v) is 6.66. The molecule has 0 atom stereocenters. The Morgan fingerprint density at radius 2 is 2.05 bits per heavy atom. The van der Waals surface area contributed by atoms with Crippen LogP contribution in [0.5, 0.6) is 0 Å². The molecule has 5 heteroatoms. The number of hydrogen-bond acceptors (Lipinski definition) is 3. The minimum Gasteiger partial charge on any atom is -0.299 e. The Morgan fingerprint density at radius 1 is 1.40 bits per heavy atom. The van der Waals surface area contributed by atoms with Crippen LogP contribution in [0, 0.1) is 22.0 Å². The van der Waals surface area contributed by atoms with E-state index >= 15 is 0 Å². The second-order valence-electron chi connectivity index (χ2n) is 5.86. The molecule has 0 aromatic heterocycles. The maximum absolute atomic E-state index is 10.9. The van der Waals surface area contributed by atoms with Gasteiger partial charge in [-0.05, 0) is 59.3 Å². The Hall–Kier alpha value is -0.940. The summed E-state index contributed by atoms with van der Waals surface area (Å²) in [5, 5.41) is 10.9. The fourth-order valence-electron chi connectivity index (χ4n) is 2.85. The average Bonchev–Trinajstić information content (AvgIpc) is 2.41. The van der Waals surface area contributed by atoms with Gasteiger partial charge in [0.1, 0.15) is 0 Å². The van der Waals surface area contributed by atoms with E-state index in [2.05, 4.69) is 34.7 Å². The van der Waals surface area contributed by atoms with E-state index in [1.54, 1.807) is 12.1 Å². The summed E-state index contributed by atoms with van der Waals surface area (Å²) in [5.74, 6) is 1.57. The molecule has 0 aliphatic carbocycles. The van der Waals surface area contributed by atoms with Crippen molar-refractivity contribution >= 4 is 21.6 Å². The summed E-state index contributed by atoms with van der Waals surface area (Å²) in [7, 11) is 0. The number of benzene rings is 1. The van der Waals surface area contributed by atoms with Crippen molar-refractivity contribution in [3.05, 3.63) is 38.3 Å². The number of piperidine rings is 1. The van der Waals surface area contributed by atoms with Crippen LogP contribution in [0.2, 0.25) is 0 Å². The van der Waals surface area contributed by atoms with Crippen LogP contribution < -0.4 is 0 Å². The van der Waals surface area contributed by atoms with Crippen molar-refractivity contribution < 1.29 is 4.92 Å². The van der Waals surface area contributed by atoms with Gasteiger partial charge in [0.15, 0.2) is 0 Å². The topological polar surface area (TPSA) is 46.4 Å². The van der Waals surface area contributed by atoms with Crippen LogP contribution in [0.15, 0.2) is 22.7 Å². The molecule has 1 aliphatic rings. The minimum atomic E-state index is -0.335. The number of nitro benzene ring substituents is 1. The highest BCUT2D eigenvalue weighted by Crippen LogP contribution is 2.31. The predicted molar refractivity (Wildman–Crippen MR) is 83.6 cm³/mol. The summed E-state index contributed by atoms with van der Waals surface area (Å²) < 4.78 is 0.621. The third kappa shape index (κ3) is 3.58. The summed E-state index contributed by atoms with van der Waals surface area (Å²) >= 11 is 3.38. The molecular formula is C15H21BrN2O2. The van der Waals surface area contributed by atoms with Crippen LogP contribution in [0.25, 0.3) is 0 Å². The Balaban J connectivity index is 2.01. The van der Waals surface area contributed by atoms with Gasteiger partial charge in [0.25, 0.3) is 5.69 Å². The summed E-state index contributed by atoms with van der Waals surface area (Å²) in [6.45, 7) is 7.53. The van der Waals surface area contributed by atoms with E-state index < -0.39 is 0 Å². The molecule has 0 saturated carbocycles. The van der Waals surface area contributed by atoms with Crippen molar-refractivity contribution in [2.45, 2.75) is 33.2 Å². The Morgan fingerprint density at radius 3 is 2.60 bits per heavy atom. The fourth-order valence-corrected chi connectivity index (χ4v) is 3.38. The molecule has 0 amide bonds. The highest BCUT2D eigenvalue weighted by Gasteiger charge is 2.23. The molecule has 1 saturated heterocycles. The molecule has 0 spiro atoms. The largest absolute Gasteiger partial charge is 0.299 e. The smallest absolute Gasteiger partial charge is 0.283 e. The normalized spacial score (nSPS) is 17.6. The molecular weight excluding hydrogens is 320 g/mol. The first-order valence-electron chi connectivity index (χ1n) is 7.13. The number of rotatable bonds is 4. The van der Waals surface area contributed by atoms with Gasteiger partial charge in [-0.1, -0.05) is 26.0 Å². The van der Waals surface area contributed by atoms with Crippen LogP contribution >= 0.6 is 15.9 Å². The van der Waals surface area contributed by atoms with Gasteiger partial charge in [0, 0.05) is 12.6 Å². The summed E-state index contributed by atoms with van der Waals surface area (Å²) in [4.78, 5) is 13.0. The maximum atomic E-state index is 10.9. The molecule has 20 heavy (non-hydrogen) atoms. The van der Waals surface area contributed by atoms with Gasteiger partial charge < -0.3 is 0 Å². The maximum Gasteiger partial charge on any atom is 0.283 e. The lowest BCUT2D eigenvalue weighted by Gasteiger charge is -2.34. The molecule has 1 aliphatic heterocycles. The van der Waals surface area contributed by atoms with Crippen LogP contribution in [-0.2, 0) is 6.54 Å². The summed E-state index contributed by atoms with van der Waals surface area (Å²) in [6.07, 6.45) is 2.45. The lowest BCUT2D eigenvalue weighted by molar-refractivity contribution is -0.385. The highest BCUT2D eigenvalue weighted by atomic mass is 79.9. The van der Waals surface area contributed by atoms with E-state index in [0.29, 0.717) is 4.47 Å². The van der Waals surface area contributed by atoms with Gasteiger partial charge in [-0.3, -0.25) is 15.0 Å². The van der Waals surface area contributed by atoms with Crippen molar-refractivity contribution in [3.63, 3.8) is 0 Å². The molecule has 0 bridgehead atoms. The highest BCUT2D eigenvalue weighted by molar-refractivity contribution is 9.10. The zero-order chi connectivity index (χ0) is 14.7. The molecule has 1 aromatic rings. The van der Waals surface area contributed by atoms with Gasteiger partial charge in [-0.25, -0.2) is 0 Å². The van der Waals surface area contributed by atoms with Gasteiger partial charge in [0.05, 0.1) is 9.40 Å². The van der Waals surface area contributed by atoms with Crippen molar-refractivity contribution in [2.75, 3.05) is 13.1 Å². The van der Waals surface area contributed by atoms with E-state index in [1.165, 1.54) is 12.8 Å². The van der Waals surface area contributed by atoms with Crippen LogP contribution in [0.1, 0.15) is 32.3 Å². The van der Waals surface area contributed by atoms with Crippen molar-refractivity contribution in [2.24, 2.45) is 11.8 Å². The van der Waals surface area contributed by atoms with Gasteiger partial charge >= 0.3 is 0 Å². The van der Waals surface area contributed by atoms with E-state index in [1.807, 2.05) is 6.07 Å². The van der Waals surface area contributed by atoms with E-state index in [9.17, 15) is 10.1 Å². The number of likely N-dealkylation sites (tertiary alicyclic amines) is 1. The van der Waals surface area contributed by atoms with E-state index in [-0.39, 0.29) is 10.6 Å². The zero-order valence-corrected chi connectivity index (χ0v) is 13.6. The number of hydrogen-bond donors (Lipinski definition) is 0. The first-order valence-corrected chi connectivity index (χ1v) is 7.92. The molecule has 0 radical (unpaired) electrons. The number of nitro groups is 1. The average molecular weight is 341 g/mol. The molecule has 110 valence electrons. The molecule has 1 fully saturated rings. The monoisotopic (exact) mass is 340 g/mol. The van der Waals surface area contributed by atoms with Crippen LogP contribution in [0.4, 0.5) is 5.69 Å². The van der Waals surface area contributed by atoms with Gasteiger partial charge in [-0.2, -0.15) is 0 Å². The molecule has 0 unspecified atom stereocenters. The Kier molecular flexibility index (Phi) is 5.16. The zero-order valence-electron chi connectivity index (χ0n) is 12.0. The molecule has 2 rings (SSSR count). The SMILES string of the molecule is CC(C)C1CCN(Cc2cccc([N+](=O)[O-])c2Br)CC1. The molecule has 1 aromatic carbocycles. The number of halogens is 1. The van der Waals surface area contributed by atoms with Crippen molar-refractivity contribution in [3.8, 4) is 0 Å². The van der Waals surface area contributed by atoms with Gasteiger partial charge in [0.2, 0.25) is 0 Å². The fraction of sp³-hybridized carbons (Fsp3) is 0.600. The second kappa shape index (κ2) is 6.68. The standard InChI is InChI=1S/C15H21BrN2O2/c1-11(2)12-6-8-17(9-7-12)10-13-4-3-5-14(15(13)16)18(19)20/h3-5,11-12H,6-10H2,1-2H3. The van der Waals surface area contributed by atoms with E-state index in [0.717, 1.165) is 37.0 Å². The Bertz CT molecular complexity index is 483. The lowest BCUT2D eigenvalue weighted by atomic mass is 9.86. The quantitative estimate of drug-likeness (QED) is 0.608. The first-order chi connectivity index (χ1) is 9.49. The Labute approximate surface area is 128 Å². The van der Waals surface area contributed by atoms with Gasteiger partial charge in [-0.15, -0.1) is 0 Å². The first kappa shape index (κ1) is 15.4. The molecule has 1 heterocycles. The third-order valence-corrected chi connectivity index (χ3v) is 5.14. The minimum absolute atomic E-state index is 0.152. The van der Waals surface area contributed by atoms with Crippen molar-refractivity contribution in [1.82, 2.24) is 4.90 Å². The number of nitrogens with zero attached hydrogens (tertiary/aromatic N) is 2. The molecule has 0 N–H and O–H groups in total. The van der Waals surface area contributed by atoms with Crippen molar-refractivity contribution in [1.29, 1.82) is 0 Å². The summed E-state index contributed by atoms with van der Waals surface area (Å²) in [6, 6.07) is 5.27. The van der Waals surface area contributed by atoms with Crippen LogP contribution in [-0.4, -0.2) is 22.9 Å². The third-order valence-electron chi connectivity index (χ3n) is 4.22. The van der Waals surface area contributed by atoms with Crippen LogP contribution in [0.3, 0.4) is 0 Å². The predicted octanol–water partition coefficient (Wildman–Crippen LogP) is 4.23.